The number of carbonyl (C=O) groups is 1. The van der Waals surface area contributed by atoms with E-state index in [1.165, 1.54) is 4.90 Å². The van der Waals surface area contributed by atoms with E-state index in [0.717, 1.165) is 22.5 Å². The van der Waals surface area contributed by atoms with E-state index in [9.17, 15) is 4.79 Å². The highest BCUT2D eigenvalue weighted by atomic mass is 16.2. The summed E-state index contributed by atoms with van der Waals surface area (Å²) in [7, 11) is 3.42. The molecule has 0 aliphatic rings. The second-order valence-electron chi connectivity index (χ2n) is 4.70. The first-order chi connectivity index (χ1) is 9.58. The molecule has 0 atom stereocenters. The normalized spacial score (nSPS) is 10.3. The lowest BCUT2D eigenvalue weighted by atomic mass is 10.3. The van der Waals surface area contributed by atoms with Crippen molar-refractivity contribution in [2.75, 3.05) is 32.5 Å². The van der Waals surface area contributed by atoms with Crippen LogP contribution in [0.15, 0.2) is 24.3 Å². The summed E-state index contributed by atoms with van der Waals surface area (Å²) in [5, 5.41) is 5.98. The van der Waals surface area contributed by atoms with Crippen LogP contribution < -0.4 is 10.6 Å². The third-order valence-electron chi connectivity index (χ3n) is 2.84. The molecule has 0 saturated heterocycles. The van der Waals surface area contributed by atoms with Gasteiger partial charge in [0.1, 0.15) is 5.82 Å². The van der Waals surface area contributed by atoms with Gasteiger partial charge in [0.2, 0.25) is 0 Å². The summed E-state index contributed by atoms with van der Waals surface area (Å²) in [4.78, 5) is 21.9. The first-order valence-electron chi connectivity index (χ1n) is 6.50. The Kier molecular flexibility index (Phi) is 4.34. The van der Waals surface area contributed by atoms with Crippen LogP contribution in [0.4, 0.5) is 10.6 Å². The largest absolute Gasteiger partial charge is 0.367 e. The minimum Gasteiger partial charge on any atom is -0.367 e. The van der Waals surface area contributed by atoms with Crippen LogP contribution in [-0.2, 0) is 0 Å². The van der Waals surface area contributed by atoms with Gasteiger partial charge in [-0.05, 0) is 19.1 Å². The van der Waals surface area contributed by atoms with Crippen molar-refractivity contribution in [1.82, 2.24) is 20.2 Å². The summed E-state index contributed by atoms with van der Waals surface area (Å²) in [5.74, 6) is 0.753. The quantitative estimate of drug-likeness (QED) is 0.831. The molecule has 1 aromatic carbocycles. The van der Waals surface area contributed by atoms with E-state index in [1.807, 2.05) is 31.2 Å². The summed E-state index contributed by atoms with van der Waals surface area (Å²) in [6.07, 6.45) is 0. The van der Waals surface area contributed by atoms with Crippen molar-refractivity contribution in [1.29, 1.82) is 0 Å². The van der Waals surface area contributed by atoms with Gasteiger partial charge in [-0.3, -0.25) is 0 Å². The van der Waals surface area contributed by atoms with Gasteiger partial charge in [-0.1, -0.05) is 12.1 Å². The zero-order valence-electron chi connectivity index (χ0n) is 12.0. The van der Waals surface area contributed by atoms with Crippen LogP contribution in [0.3, 0.4) is 0 Å². The van der Waals surface area contributed by atoms with Crippen molar-refractivity contribution in [2.45, 2.75) is 6.92 Å². The van der Waals surface area contributed by atoms with Crippen LogP contribution >= 0.6 is 0 Å². The number of amides is 2. The molecule has 0 fully saturated rings. The Morgan fingerprint density at radius 1 is 1.15 bits per heavy atom. The molecule has 2 N–H and O–H groups in total. The zero-order chi connectivity index (χ0) is 14.5. The Balaban J connectivity index is 1.96. The number of carbonyl (C=O) groups excluding carboxylic acids is 1. The molecule has 1 heterocycles. The lowest BCUT2D eigenvalue weighted by molar-refractivity contribution is 0.218. The molecule has 6 heteroatoms. The van der Waals surface area contributed by atoms with E-state index in [-0.39, 0.29) is 6.03 Å². The topological polar surface area (TPSA) is 70.1 Å². The Morgan fingerprint density at radius 3 is 2.45 bits per heavy atom. The van der Waals surface area contributed by atoms with Crippen molar-refractivity contribution in [3.05, 3.63) is 30.0 Å². The Labute approximate surface area is 118 Å². The monoisotopic (exact) mass is 273 g/mol. The minimum atomic E-state index is -0.104. The summed E-state index contributed by atoms with van der Waals surface area (Å²) in [5.41, 5.74) is 2.59. The number of para-hydroxylation sites is 2. The number of nitrogens with one attached hydrogen (secondary N) is 2. The molecule has 0 saturated carbocycles. The molecule has 1 aromatic heterocycles. The molecule has 2 rings (SSSR count). The van der Waals surface area contributed by atoms with Gasteiger partial charge in [-0.15, -0.1) is 0 Å². The van der Waals surface area contributed by atoms with Crippen molar-refractivity contribution in [3.63, 3.8) is 0 Å². The second kappa shape index (κ2) is 6.18. The van der Waals surface area contributed by atoms with Gasteiger partial charge in [-0.2, -0.15) is 0 Å². The highest BCUT2D eigenvalue weighted by Crippen LogP contribution is 2.15. The van der Waals surface area contributed by atoms with Crippen molar-refractivity contribution >= 4 is 22.9 Å². The fraction of sp³-hybridized carbons (Fsp3) is 0.357. The first-order valence-corrected chi connectivity index (χ1v) is 6.50. The molecule has 0 bridgehead atoms. The number of hydrogen-bond donors (Lipinski definition) is 2. The molecule has 0 aliphatic carbocycles. The third kappa shape index (κ3) is 3.34. The lowest BCUT2D eigenvalue weighted by Crippen LogP contribution is -2.37. The smallest absolute Gasteiger partial charge is 0.316 e. The third-order valence-corrected chi connectivity index (χ3v) is 2.84. The summed E-state index contributed by atoms with van der Waals surface area (Å²) < 4.78 is 0. The number of anilines is 1. The number of fused-ring (bicyclic) bond motifs is 1. The Hall–Kier alpha value is -2.37. The van der Waals surface area contributed by atoms with Gasteiger partial charge < -0.3 is 15.5 Å². The molecule has 0 aliphatic heterocycles. The number of hydrogen-bond acceptors (Lipinski definition) is 4. The summed E-state index contributed by atoms with van der Waals surface area (Å²) in [6.45, 7) is 3.05. The molecule has 2 amide bonds. The van der Waals surface area contributed by atoms with E-state index >= 15 is 0 Å². The standard InChI is InChI=1S/C14H19N5O/c1-10-13(15-8-9-16-14(20)19(2)3)18-12-7-5-4-6-11(12)17-10/h4-7H,8-9H2,1-3H3,(H,15,18)(H,16,20). The zero-order valence-corrected chi connectivity index (χ0v) is 12.0. The average Bonchev–Trinajstić information content (AvgIpc) is 2.43. The van der Waals surface area contributed by atoms with Gasteiger partial charge in [-0.25, -0.2) is 14.8 Å². The number of aryl methyl sites for hydroxylation is 1. The Bertz CT molecular complexity index is 612. The van der Waals surface area contributed by atoms with Gasteiger partial charge in [0.25, 0.3) is 0 Å². The second-order valence-corrected chi connectivity index (χ2v) is 4.70. The first kappa shape index (κ1) is 14.0. The summed E-state index contributed by atoms with van der Waals surface area (Å²) in [6, 6.07) is 7.65. The lowest BCUT2D eigenvalue weighted by Gasteiger charge is -2.13. The number of benzene rings is 1. The molecular formula is C14H19N5O. The SMILES string of the molecule is Cc1nc2ccccc2nc1NCCNC(=O)N(C)C. The molecule has 0 radical (unpaired) electrons. The van der Waals surface area contributed by atoms with Crippen LogP contribution in [0, 0.1) is 6.92 Å². The molecule has 2 aromatic rings. The molecule has 0 unspecified atom stereocenters. The average molecular weight is 273 g/mol. The van der Waals surface area contributed by atoms with E-state index in [4.69, 9.17) is 0 Å². The van der Waals surface area contributed by atoms with E-state index in [1.54, 1.807) is 14.1 Å². The fourth-order valence-electron chi connectivity index (χ4n) is 1.76. The highest BCUT2D eigenvalue weighted by Gasteiger charge is 2.05. The molecule has 106 valence electrons. The fourth-order valence-corrected chi connectivity index (χ4v) is 1.76. The van der Waals surface area contributed by atoms with Gasteiger partial charge >= 0.3 is 6.03 Å². The molecule has 20 heavy (non-hydrogen) atoms. The number of aromatic nitrogens is 2. The maximum Gasteiger partial charge on any atom is 0.316 e. The maximum atomic E-state index is 11.4. The van der Waals surface area contributed by atoms with E-state index in [2.05, 4.69) is 20.6 Å². The number of urea groups is 1. The predicted octanol–water partition coefficient (Wildman–Crippen LogP) is 1.62. The van der Waals surface area contributed by atoms with Crippen LogP contribution in [0.1, 0.15) is 5.69 Å². The van der Waals surface area contributed by atoms with Gasteiger partial charge in [0, 0.05) is 27.2 Å². The minimum absolute atomic E-state index is 0.104. The van der Waals surface area contributed by atoms with Crippen LogP contribution in [-0.4, -0.2) is 48.1 Å². The number of rotatable bonds is 4. The molecule has 0 spiro atoms. The van der Waals surface area contributed by atoms with Crippen LogP contribution in [0.5, 0.6) is 0 Å². The van der Waals surface area contributed by atoms with Crippen LogP contribution in [0.2, 0.25) is 0 Å². The number of nitrogens with zero attached hydrogens (tertiary/aromatic N) is 3. The van der Waals surface area contributed by atoms with Gasteiger partial charge in [0.05, 0.1) is 16.7 Å². The van der Waals surface area contributed by atoms with Crippen molar-refractivity contribution in [3.8, 4) is 0 Å². The van der Waals surface area contributed by atoms with Gasteiger partial charge in [0.15, 0.2) is 0 Å². The Morgan fingerprint density at radius 2 is 1.80 bits per heavy atom. The van der Waals surface area contributed by atoms with E-state index < -0.39 is 0 Å². The summed E-state index contributed by atoms with van der Waals surface area (Å²) >= 11 is 0. The van der Waals surface area contributed by atoms with E-state index in [0.29, 0.717) is 13.1 Å². The maximum absolute atomic E-state index is 11.4. The molecular weight excluding hydrogens is 254 g/mol. The van der Waals surface area contributed by atoms with Crippen molar-refractivity contribution < 1.29 is 4.79 Å². The van der Waals surface area contributed by atoms with Crippen molar-refractivity contribution in [2.24, 2.45) is 0 Å². The predicted molar refractivity (Wildman–Crippen MR) is 79.9 cm³/mol. The molecule has 6 nitrogen and oxygen atoms in total. The highest BCUT2D eigenvalue weighted by molar-refractivity contribution is 5.76. The van der Waals surface area contributed by atoms with Crippen LogP contribution in [0.25, 0.3) is 11.0 Å².